The molecule has 1 aromatic heterocycles. The molecule has 0 bridgehead atoms. The molecule has 1 saturated carbocycles. The molecule has 19 heavy (non-hydrogen) atoms. The molecule has 0 saturated heterocycles. The van der Waals surface area contributed by atoms with Gasteiger partial charge in [0.1, 0.15) is 5.82 Å². The number of rotatable bonds is 9. The smallest absolute Gasteiger partial charge is 0.130 e. The zero-order chi connectivity index (χ0) is 13.5. The van der Waals surface area contributed by atoms with Crippen LogP contribution in [0.3, 0.4) is 0 Å². The predicted octanol–water partition coefficient (Wildman–Crippen LogP) is 2.37. The minimum Gasteiger partial charge on any atom is -0.380 e. The van der Waals surface area contributed by atoms with Crippen LogP contribution in [0.2, 0.25) is 0 Å². The second-order valence-electron chi connectivity index (χ2n) is 5.30. The maximum Gasteiger partial charge on any atom is 0.130 e. The molecule has 0 radical (unpaired) electrons. The van der Waals surface area contributed by atoms with Crippen molar-refractivity contribution in [3.8, 4) is 0 Å². The average Bonchev–Trinajstić information content (AvgIpc) is 3.21. The molecule has 1 fully saturated rings. The summed E-state index contributed by atoms with van der Waals surface area (Å²) in [5.74, 6) is 1.85. The fourth-order valence-electron chi connectivity index (χ4n) is 2.02. The van der Waals surface area contributed by atoms with E-state index >= 15 is 0 Å². The van der Waals surface area contributed by atoms with Gasteiger partial charge in [0.15, 0.2) is 0 Å². The van der Waals surface area contributed by atoms with E-state index in [-0.39, 0.29) is 0 Å². The van der Waals surface area contributed by atoms with Crippen LogP contribution in [0.4, 0.5) is 5.82 Å². The lowest BCUT2D eigenvalue weighted by molar-refractivity contribution is 0.102. The van der Waals surface area contributed by atoms with Crippen LogP contribution in [0, 0.1) is 5.92 Å². The van der Waals surface area contributed by atoms with Crippen LogP contribution in [-0.4, -0.2) is 43.2 Å². The molecular formula is C15H25N3O. The Morgan fingerprint density at radius 3 is 3.05 bits per heavy atom. The van der Waals surface area contributed by atoms with Crippen LogP contribution in [-0.2, 0) is 11.3 Å². The minimum absolute atomic E-state index is 0.823. The van der Waals surface area contributed by atoms with Crippen molar-refractivity contribution >= 4 is 5.82 Å². The first-order valence-corrected chi connectivity index (χ1v) is 7.23. The van der Waals surface area contributed by atoms with Crippen molar-refractivity contribution in [3.05, 3.63) is 23.9 Å². The summed E-state index contributed by atoms with van der Waals surface area (Å²) in [6, 6.07) is 4.13. The molecule has 0 unspecified atom stereocenters. The van der Waals surface area contributed by atoms with E-state index in [1.54, 1.807) is 0 Å². The summed E-state index contributed by atoms with van der Waals surface area (Å²) >= 11 is 0. The van der Waals surface area contributed by atoms with E-state index in [0.29, 0.717) is 0 Å². The maximum absolute atomic E-state index is 5.67. The molecule has 4 nitrogen and oxygen atoms in total. The molecule has 106 valence electrons. The molecule has 1 N–H and O–H groups in total. The molecule has 0 atom stereocenters. The molecule has 0 aliphatic heterocycles. The minimum atomic E-state index is 0.823. The van der Waals surface area contributed by atoms with Gasteiger partial charge >= 0.3 is 0 Å². The Labute approximate surface area is 116 Å². The Bertz CT molecular complexity index is 379. The Hall–Kier alpha value is -1.13. The molecular weight excluding hydrogens is 238 g/mol. The lowest BCUT2D eigenvalue weighted by atomic mass is 10.2. The number of anilines is 1. The standard InChI is InChI=1S/C15H25N3O/c1-3-16-15-14(5-4-8-17-15)11-18(2)9-10-19-12-13-6-7-13/h4-5,8,13H,3,6-7,9-12H2,1-2H3,(H,16,17). The largest absolute Gasteiger partial charge is 0.380 e. The molecule has 1 heterocycles. The van der Waals surface area contributed by atoms with Gasteiger partial charge in [-0.25, -0.2) is 4.98 Å². The first-order chi connectivity index (χ1) is 9.29. The first-order valence-electron chi connectivity index (χ1n) is 7.23. The van der Waals surface area contributed by atoms with Crippen LogP contribution < -0.4 is 5.32 Å². The summed E-state index contributed by atoms with van der Waals surface area (Å²) in [6.45, 7) is 6.63. The Morgan fingerprint density at radius 2 is 2.32 bits per heavy atom. The van der Waals surface area contributed by atoms with Crippen molar-refractivity contribution < 1.29 is 4.74 Å². The number of hydrogen-bond acceptors (Lipinski definition) is 4. The normalized spacial score (nSPS) is 14.9. The van der Waals surface area contributed by atoms with Crippen LogP contribution >= 0.6 is 0 Å². The predicted molar refractivity (Wildman–Crippen MR) is 78.3 cm³/mol. The number of hydrogen-bond donors (Lipinski definition) is 1. The summed E-state index contributed by atoms with van der Waals surface area (Å²) < 4.78 is 5.67. The van der Waals surface area contributed by atoms with Gasteiger partial charge in [-0.05, 0) is 38.8 Å². The van der Waals surface area contributed by atoms with E-state index in [9.17, 15) is 0 Å². The average molecular weight is 263 g/mol. The summed E-state index contributed by atoms with van der Waals surface area (Å²) in [7, 11) is 2.13. The number of aromatic nitrogens is 1. The number of nitrogens with zero attached hydrogens (tertiary/aromatic N) is 2. The second-order valence-corrected chi connectivity index (χ2v) is 5.30. The van der Waals surface area contributed by atoms with Gasteiger partial charge in [0.05, 0.1) is 6.61 Å². The molecule has 2 rings (SSSR count). The van der Waals surface area contributed by atoms with Crippen molar-refractivity contribution in [1.29, 1.82) is 0 Å². The van der Waals surface area contributed by atoms with Crippen molar-refractivity contribution in [2.75, 3.05) is 38.7 Å². The zero-order valence-electron chi connectivity index (χ0n) is 12.1. The van der Waals surface area contributed by atoms with Gasteiger partial charge in [0.25, 0.3) is 0 Å². The molecule has 0 aromatic carbocycles. The zero-order valence-corrected chi connectivity index (χ0v) is 12.1. The first kappa shape index (κ1) is 14.3. The number of likely N-dealkylation sites (N-methyl/N-ethyl adjacent to an activating group) is 1. The third-order valence-electron chi connectivity index (χ3n) is 3.34. The number of ether oxygens (including phenoxy) is 1. The van der Waals surface area contributed by atoms with Crippen molar-refractivity contribution in [3.63, 3.8) is 0 Å². The molecule has 1 aromatic rings. The summed E-state index contributed by atoms with van der Waals surface area (Å²) in [4.78, 5) is 6.66. The van der Waals surface area contributed by atoms with Gasteiger partial charge < -0.3 is 10.1 Å². The lowest BCUT2D eigenvalue weighted by Crippen LogP contribution is -2.24. The molecule has 0 spiro atoms. The molecule has 4 heteroatoms. The van der Waals surface area contributed by atoms with Crippen molar-refractivity contribution in [1.82, 2.24) is 9.88 Å². The van der Waals surface area contributed by atoms with Crippen LogP contribution in [0.25, 0.3) is 0 Å². The van der Waals surface area contributed by atoms with E-state index in [2.05, 4.69) is 35.2 Å². The van der Waals surface area contributed by atoms with Gasteiger partial charge in [-0.3, -0.25) is 4.90 Å². The molecule has 1 aliphatic rings. The second kappa shape index (κ2) is 7.46. The Morgan fingerprint density at radius 1 is 1.47 bits per heavy atom. The summed E-state index contributed by atoms with van der Waals surface area (Å²) in [5, 5.41) is 3.30. The maximum atomic E-state index is 5.67. The van der Waals surface area contributed by atoms with Gasteiger partial charge in [-0.15, -0.1) is 0 Å². The van der Waals surface area contributed by atoms with Crippen LogP contribution in [0.1, 0.15) is 25.3 Å². The summed E-state index contributed by atoms with van der Waals surface area (Å²) in [5.41, 5.74) is 1.24. The Balaban J connectivity index is 1.72. The quantitative estimate of drug-likeness (QED) is 0.694. The molecule has 1 aliphatic carbocycles. The highest BCUT2D eigenvalue weighted by Gasteiger charge is 2.20. The van der Waals surface area contributed by atoms with E-state index < -0.39 is 0 Å². The van der Waals surface area contributed by atoms with Crippen molar-refractivity contribution in [2.24, 2.45) is 5.92 Å². The fourth-order valence-corrected chi connectivity index (χ4v) is 2.02. The van der Waals surface area contributed by atoms with E-state index in [1.807, 2.05) is 12.3 Å². The van der Waals surface area contributed by atoms with Gasteiger partial charge in [-0.2, -0.15) is 0 Å². The van der Waals surface area contributed by atoms with Crippen molar-refractivity contribution in [2.45, 2.75) is 26.3 Å². The van der Waals surface area contributed by atoms with Crippen LogP contribution in [0.5, 0.6) is 0 Å². The van der Waals surface area contributed by atoms with Gasteiger partial charge in [0, 0.05) is 38.0 Å². The summed E-state index contributed by atoms with van der Waals surface area (Å²) in [6.07, 6.45) is 4.55. The highest BCUT2D eigenvalue weighted by molar-refractivity contribution is 5.43. The molecule has 0 amide bonds. The lowest BCUT2D eigenvalue weighted by Gasteiger charge is -2.18. The number of nitrogens with one attached hydrogen (secondary N) is 1. The van der Waals surface area contributed by atoms with Gasteiger partial charge in [-0.1, -0.05) is 6.07 Å². The topological polar surface area (TPSA) is 37.4 Å². The van der Waals surface area contributed by atoms with E-state index in [0.717, 1.165) is 44.6 Å². The third kappa shape index (κ3) is 5.17. The van der Waals surface area contributed by atoms with Gasteiger partial charge in [0.2, 0.25) is 0 Å². The highest BCUT2D eigenvalue weighted by atomic mass is 16.5. The monoisotopic (exact) mass is 263 g/mol. The fraction of sp³-hybridized carbons (Fsp3) is 0.667. The third-order valence-corrected chi connectivity index (χ3v) is 3.34. The Kier molecular flexibility index (Phi) is 5.61. The van der Waals surface area contributed by atoms with E-state index in [4.69, 9.17) is 4.74 Å². The highest BCUT2D eigenvalue weighted by Crippen LogP contribution is 2.28. The number of pyridine rings is 1. The SMILES string of the molecule is CCNc1ncccc1CN(C)CCOCC1CC1. The van der Waals surface area contributed by atoms with E-state index in [1.165, 1.54) is 18.4 Å². The van der Waals surface area contributed by atoms with Crippen LogP contribution in [0.15, 0.2) is 18.3 Å².